The molecule has 176 valence electrons. The van der Waals surface area contributed by atoms with Crippen molar-refractivity contribution in [3.8, 4) is 0 Å². The number of hydrogen-bond donors (Lipinski definition) is 0. The molecule has 0 unspecified atom stereocenters. The molecule has 1 fully saturated rings. The fourth-order valence-electron chi connectivity index (χ4n) is 4.09. The topological polar surface area (TPSA) is 54.3 Å². The lowest BCUT2D eigenvalue weighted by molar-refractivity contribution is 0.247. The number of nitrogens with zero attached hydrogens (tertiary/aromatic N) is 5. The Hall–Kier alpha value is -2.09. The maximum Gasteiger partial charge on any atom is 0.262 e. The van der Waals surface area contributed by atoms with Crippen LogP contribution in [-0.2, 0) is 6.54 Å². The minimum atomic E-state index is -0.0343. The van der Waals surface area contributed by atoms with Gasteiger partial charge in [-0.3, -0.25) is 19.2 Å². The van der Waals surface area contributed by atoms with Crippen LogP contribution < -0.4 is 10.5 Å². The van der Waals surface area contributed by atoms with Gasteiger partial charge in [-0.1, -0.05) is 41.9 Å². The highest BCUT2D eigenvalue weighted by molar-refractivity contribution is 6.33. The first-order valence-corrected chi connectivity index (χ1v) is 10.5. The third kappa shape index (κ3) is 5.53. The molecule has 0 atom stereocenters. The van der Waals surface area contributed by atoms with Crippen molar-refractivity contribution in [3.05, 3.63) is 76.4 Å². The first-order valence-electron chi connectivity index (χ1n) is 10.2. The quantitative estimate of drug-likeness (QED) is 0.360. The molecule has 2 aromatic carbocycles. The molecule has 33 heavy (non-hydrogen) atoms. The normalized spacial score (nSPS) is 13.8. The van der Waals surface area contributed by atoms with Crippen LogP contribution in [0.3, 0.4) is 0 Å². The van der Waals surface area contributed by atoms with Crippen LogP contribution in [0.4, 0.5) is 5.69 Å². The predicted octanol–water partition coefficient (Wildman–Crippen LogP) is 4.69. The largest absolute Gasteiger partial charge is 0.368 e. The predicted molar refractivity (Wildman–Crippen MR) is 143 cm³/mol. The zero-order valence-corrected chi connectivity index (χ0v) is 21.0. The minimum Gasteiger partial charge on any atom is -0.368 e. The lowest BCUT2D eigenvalue weighted by atomic mass is 10.1. The number of aromatic nitrogens is 3. The molecule has 0 saturated carbocycles. The van der Waals surface area contributed by atoms with Crippen molar-refractivity contribution in [2.75, 3.05) is 37.6 Å². The highest BCUT2D eigenvalue weighted by Gasteiger charge is 2.19. The fraction of sp³-hybridized carbons (Fsp3) is 0.261. The summed E-state index contributed by atoms with van der Waals surface area (Å²) in [5, 5.41) is 2.27. The Bertz CT molecular complexity index is 1270. The average molecular weight is 529 g/mol. The molecular weight excluding hydrogens is 504 g/mol. The Morgan fingerprint density at radius 1 is 0.818 bits per heavy atom. The van der Waals surface area contributed by atoms with Crippen LogP contribution in [0.2, 0.25) is 5.02 Å². The molecule has 10 heteroatoms. The summed E-state index contributed by atoms with van der Waals surface area (Å²) in [4.78, 5) is 26.7. The highest BCUT2D eigenvalue weighted by atomic mass is 35.5. The van der Waals surface area contributed by atoms with E-state index < -0.39 is 0 Å². The minimum absolute atomic E-state index is 0. The van der Waals surface area contributed by atoms with Gasteiger partial charge in [0.1, 0.15) is 0 Å². The number of rotatable bonds is 4. The molecule has 0 radical (unpaired) electrons. The molecule has 0 amide bonds. The SMILES string of the molecule is Cl.Cl.Cl.O=c1c2cnc3ccccc3c2ncn1CCN1CCN(c2ccccc2Cl)CC1. The van der Waals surface area contributed by atoms with E-state index in [1.54, 1.807) is 17.1 Å². The van der Waals surface area contributed by atoms with Gasteiger partial charge < -0.3 is 4.90 Å². The molecule has 4 aromatic rings. The molecule has 6 nitrogen and oxygen atoms in total. The lowest BCUT2D eigenvalue weighted by Crippen LogP contribution is -2.47. The Labute approximate surface area is 215 Å². The summed E-state index contributed by atoms with van der Waals surface area (Å²) in [6.45, 7) is 5.14. The van der Waals surface area contributed by atoms with Crippen LogP contribution in [-0.4, -0.2) is 52.2 Å². The number of hydrogen-bond acceptors (Lipinski definition) is 5. The monoisotopic (exact) mass is 527 g/mol. The standard InChI is InChI=1S/C23H22ClN5O.3ClH/c24-19-6-2-4-8-21(19)28-12-9-27(10-13-28)11-14-29-16-26-22-17-5-1-3-7-20(17)25-15-18(22)23(29)30;;;/h1-8,15-16H,9-14H2;3*1H. The van der Waals surface area contributed by atoms with Crippen LogP contribution in [0.15, 0.2) is 65.8 Å². The van der Waals surface area contributed by atoms with E-state index in [0.717, 1.165) is 59.9 Å². The summed E-state index contributed by atoms with van der Waals surface area (Å²) >= 11 is 6.33. The van der Waals surface area contributed by atoms with Gasteiger partial charge in [0.05, 0.1) is 33.5 Å². The lowest BCUT2D eigenvalue weighted by Gasteiger charge is -2.36. The number of anilines is 1. The molecule has 0 bridgehead atoms. The van der Waals surface area contributed by atoms with Crippen LogP contribution in [0, 0.1) is 0 Å². The molecule has 5 rings (SSSR count). The van der Waals surface area contributed by atoms with Gasteiger partial charge in [-0.2, -0.15) is 0 Å². The van der Waals surface area contributed by atoms with Gasteiger partial charge in [0.15, 0.2) is 0 Å². The van der Waals surface area contributed by atoms with Gasteiger partial charge in [0.25, 0.3) is 5.56 Å². The first-order chi connectivity index (χ1) is 14.7. The second-order valence-electron chi connectivity index (χ2n) is 7.56. The van der Waals surface area contributed by atoms with Crippen molar-refractivity contribution in [1.82, 2.24) is 19.4 Å². The summed E-state index contributed by atoms with van der Waals surface area (Å²) in [6.07, 6.45) is 3.31. The number of pyridine rings is 1. The molecule has 2 aromatic heterocycles. The number of fused-ring (bicyclic) bond motifs is 3. The molecule has 0 aliphatic carbocycles. The van der Waals surface area contributed by atoms with E-state index in [-0.39, 0.29) is 42.8 Å². The number of piperazine rings is 1. The average Bonchev–Trinajstić information content (AvgIpc) is 2.79. The van der Waals surface area contributed by atoms with Gasteiger partial charge in [0, 0.05) is 50.9 Å². The van der Waals surface area contributed by atoms with E-state index in [0.29, 0.717) is 11.9 Å². The Morgan fingerprint density at radius 3 is 2.27 bits per heavy atom. The van der Waals surface area contributed by atoms with Crippen LogP contribution in [0.1, 0.15) is 0 Å². The molecular formula is C23H25Cl4N5O. The van der Waals surface area contributed by atoms with Crippen molar-refractivity contribution in [1.29, 1.82) is 0 Å². The second-order valence-corrected chi connectivity index (χ2v) is 7.97. The zero-order chi connectivity index (χ0) is 20.5. The van der Waals surface area contributed by atoms with Gasteiger partial charge in [-0.15, -0.1) is 37.2 Å². The fourth-order valence-corrected chi connectivity index (χ4v) is 4.34. The van der Waals surface area contributed by atoms with Gasteiger partial charge in [0.2, 0.25) is 0 Å². The van der Waals surface area contributed by atoms with E-state index in [1.807, 2.05) is 42.5 Å². The maximum atomic E-state index is 13.0. The van der Waals surface area contributed by atoms with E-state index >= 15 is 0 Å². The summed E-state index contributed by atoms with van der Waals surface area (Å²) in [5.74, 6) is 0. The van der Waals surface area contributed by atoms with E-state index in [9.17, 15) is 4.79 Å². The van der Waals surface area contributed by atoms with Crippen molar-refractivity contribution in [3.63, 3.8) is 0 Å². The van der Waals surface area contributed by atoms with Crippen molar-refractivity contribution in [2.45, 2.75) is 6.54 Å². The maximum absolute atomic E-state index is 13.0. The molecule has 3 heterocycles. The van der Waals surface area contributed by atoms with Crippen LogP contribution in [0.25, 0.3) is 21.8 Å². The Balaban J connectivity index is 0.00000128. The zero-order valence-electron chi connectivity index (χ0n) is 17.8. The van der Waals surface area contributed by atoms with Gasteiger partial charge in [-0.05, 0) is 18.2 Å². The molecule has 1 aliphatic heterocycles. The first kappa shape index (κ1) is 27.2. The summed E-state index contributed by atoms with van der Waals surface area (Å²) in [7, 11) is 0. The smallest absolute Gasteiger partial charge is 0.262 e. The Morgan fingerprint density at radius 2 is 1.52 bits per heavy atom. The van der Waals surface area contributed by atoms with Gasteiger partial charge in [-0.25, -0.2) is 4.98 Å². The van der Waals surface area contributed by atoms with E-state index in [2.05, 4.69) is 25.8 Å². The van der Waals surface area contributed by atoms with Crippen LogP contribution >= 0.6 is 48.8 Å². The second kappa shape index (κ2) is 11.9. The highest BCUT2D eigenvalue weighted by Crippen LogP contribution is 2.26. The van der Waals surface area contributed by atoms with Crippen LogP contribution in [0.5, 0.6) is 0 Å². The van der Waals surface area contributed by atoms with E-state index in [4.69, 9.17) is 11.6 Å². The summed E-state index contributed by atoms with van der Waals surface area (Å²) in [5.41, 5.74) is 2.63. The van der Waals surface area contributed by atoms with Gasteiger partial charge >= 0.3 is 0 Å². The summed E-state index contributed by atoms with van der Waals surface area (Å²) in [6, 6.07) is 15.7. The number of benzene rings is 2. The van der Waals surface area contributed by atoms with Crippen molar-refractivity contribution in [2.24, 2.45) is 0 Å². The van der Waals surface area contributed by atoms with Crippen molar-refractivity contribution >= 4 is 76.3 Å². The number of para-hydroxylation sites is 2. The van der Waals surface area contributed by atoms with Crippen molar-refractivity contribution < 1.29 is 0 Å². The Kier molecular flexibility index (Phi) is 9.76. The summed E-state index contributed by atoms with van der Waals surface area (Å²) < 4.78 is 1.69. The third-order valence-electron chi connectivity index (χ3n) is 5.79. The molecule has 1 aliphatic rings. The molecule has 1 saturated heterocycles. The number of halogens is 4. The molecule has 0 spiro atoms. The van der Waals surface area contributed by atoms with E-state index in [1.165, 1.54) is 0 Å². The third-order valence-corrected chi connectivity index (χ3v) is 6.11. The molecule has 0 N–H and O–H groups in total.